The summed E-state index contributed by atoms with van der Waals surface area (Å²) in [7, 11) is -3.15. The predicted octanol–water partition coefficient (Wildman–Crippen LogP) is 1.74. The fourth-order valence-corrected chi connectivity index (χ4v) is 4.95. The molecule has 0 unspecified atom stereocenters. The summed E-state index contributed by atoms with van der Waals surface area (Å²) >= 11 is 0. The molecule has 0 aromatic heterocycles. The molecule has 3 rings (SSSR count). The minimum absolute atomic E-state index is 0.131. The molecule has 0 N–H and O–H groups in total. The summed E-state index contributed by atoms with van der Waals surface area (Å²) in [6.45, 7) is 6.35. The Morgan fingerprint density at radius 3 is 2.18 bits per heavy atom. The van der Waals surface area contributed by atoms with Crippen molar-refractivity contribution < 1.29 is 13.2 Å². The Morgan fingerprint density at radius 2 is 1.61 bits per heavy atom. The second-order valence-corrected chi connectivity index (χ2v) is 10.3. The van der Waals surface area contributed by atoms with E-state index in [1.807, 2.05) is 4.90 Å². The van der Waals surface area contributed by atoms with E-state index in [-0.39, 0.29) is 5.91 Å². The summed E-state index contributed by atoms with van der Waals surface area (Å²) in [5.74, 6) is 0.872. The van der Waals surface area contributed by atoms with Crippen LogP contribution in [0.15, 0.2) is 24.3 Å². The lowest BCUT2D eigenvalue weighted by atomic mass is 9.90. The van der Waals surface area contributed by atoms with E-state index >= 15 is 0 Å². The molecule has 28 heavy (non-hydrogen) atoms. The molecular weight excluding hydrogens is 374 g/mol. The minimum Gasteiger partial charge on any atom is -0.339 e. The largest absolute Gasteiger partial charge is 0.339 e. The van der Waals surface area contributed by atoms with Crippen molar-refractivity contribution in [3.05, 3.63) is 35.4 Å². The number of sulfonamides is 1. The SMILES string of the molecule is Cc1ccc(CCC2CCN(CC(=O)N3CCN(S(C)(=O)=O)CC3)CC2)cc1. The average molecular weight is 408 g/mol. The third kappa shape index (κ3) is 6.03. The van der Waals surface area contributed by atoms with Crippen molar-refractivity contribution in [2.75, 3.05) is 52.1 Å². The Hall–Kier alpha value is -1.44. The van der Waals surface area contributed by atoms with Gasteiger partial charge in [-0.25, -0.2) is 8.42 Å². The summed E-state index contributed by atoms with van der Waals surface area (Å²) in [6, 6.07) is 8.82. The van der Waals surface area contributed by atoms with Crippen LogP contribution < -0.4 is 0 Å². The first kappa shape index (κ1) is 21.3. The molecule has 2 heterocycles. The average Bonchev–Trinajstić information content (AvgIpc) is 2.68. The van der Waals surface area contributed by atoms with Gasteiger partial charge in [0.05, 0.1) is 12.8 Å². The van der Waals surface area contributed by atoms with Gasteiger partial charge in [0.25, 0.3) is 0 Å². The van der Waals surface area contributed by atoms with E-state index in [1.165, 1.54) is 28.1 Å². The van der Waals surface area contributed by atoms with Crippen molar-refractivity contribution in [3.63, 3.8) is 0 Å². The van der Waals surface area contributed by atoms with Crippen LogP contribution in [0.2, 0.25) is 0 Å². The highest BCUT2D eigenvalue weighted by Gasteiger charge is 2.28. The molecule has 2 aliphatic heterocycles. The van der Waals surface area contributed by atoms with Gasteiger partial charge in [0, 0.05) is 26.2 Å². The Bertz CT molecular complexity index is 748. The number of carbonyl (C=O) groups is 1. The molecule has 1 aromatic rings. The number of piperidine rings is 1. The Balaban J connectivity index is 1.36. The zero-order valence-electron chi connectivity index (χ0n) is 17.1. The normalized spacial score (nSPS) is 20.4. The molecule has 0 atom stereocenters. The molecule has 6 nitrogen and oxygen atoms in total. The van der Waals surface area contributed by atoms with Crippen LogP contribution >= 0.6 is 0 Å². The van der Waals surface area contributed by atoms with E-state index in [0.717, 1.165) is 38.3 Å². The molecule has 1 amide bonds. The van der Waals surface area contributed by atoms with Gasteiger partial charge in [-0.3, -0.25) is 9.69 Å². The number of hydrogen-bond donors (Lipinski definition) is 0. The predicted molar refractivity (Wildman–Crippen MR) is 112 cm³/mol. The number of piperazine rings is 1. The molecular formula is C21H33N3O3S. The van der Waals surface area contributed by atoms with Crippen molar-refractivity contribution in [1.82, 2.24) is 14.1 Å². The quantitative estimate of drug-likeness (QED) is 0.721. The van der Waals surface area contributed by atoms with E-state index in [4.69, 9.17) is 0 Å². The number of benzene rings is 1. The van der Waals surface area contributed by atoms with E-state index in [0.29, 0.717) is 32.7 Å². The number of aryl methyl sites for hydroxylation is 2. The zero-order chi connectivity index (χ0) is 20.1. The van der Waals surface area contributed by atoms with Crippen LogP contribution in [0.25, 0.3) is 0 Å². The first-order chi connectivity index (χ1) is 13.3. The van der Waals surface area contributed by atoms with Crippen molar-refractivity contribution >= 4 is 15.9 Å². The number of amides is 1. The third-order valence-electron chi connectivity index (χ3n) is 6.09. The monoisotopic (exact) mass is 407 g/mol. The molecule has 0 spiro atoms. The summed E-state index contributed by atoms with van der Waals surface area (Å²) in [5, 5.41) is 0. The lowest BCUT2D eigenvalue weighted by Gasteiger charge is -2.36. The second-order valence-electron chi connectivity index (χ2n) is 8.29. The molecule has 2 saturated heterocycles. The maximum absolute atomic E-state index is 12.6. The summed E-state index contributed by atoms with van der Waals surface area (Å²) in [4.78, 5) is 16.6. The van der Waals surface area contributed by atoms with Crippen molar-refractivity contribution in [2.24, 2.45) is 5.92 Å². The zero-order valence-corrected chi connectivity index (χ0v) is 18.0. The van der Waals surface area contributed by atoms with Gasteiger partial charge in [-0.2, -0.15) is 4.31 Å². The van der Waals surface area contributed by atoms with E-state index in [1.54, 1.807) is 0 Å². The summed E-state index contributed by atoms with van der Waals surface area (Å²) < 4.78 is 24.6. The van der Waals surface area contributed by atoms with E-state index in [2.05, 4.69) is 36.1 Å². The minimum atomic E-state index is -3.15. The Kier molecular flexibility index (Phi) is 7.12. The highest BCUT2D eigenvalue weighted by molar-refractivity contribution is 7.88. The number of likely N-dealkylation sites (tertiary alicyclic amines) is 1. The standard InChI is InChI=1S/C21H33N3O3S/c1-18-3-5-19(6-4-18)7-8-20-9-11-22(12-10-20)17-21(25)23-13-15-24(16-14-23)28(2,26)27/h3-6,20H,7-17H2,1-2H3. The van der Waals surface area contributed by atoms with Crippen LogP contribution in [0.3, 0.4) is 0 Å². The smallest absolute Gasteiger partial charge is 0.236 e. The van der Waals surface area contributed by atoms with Gasteiger partial charge in [0.1, 0.15) is 0 Å². The number of hydrogen-bond acceptors (Lipinski definition) is 4. The lowest BCUT2D eigenvalue weighted by Crippen LogP contribution is -2.52. The number of carbonyl (C=O) groups excluding carboxylic acids is 1. The van der Waals surface area contributed by atoms with Crippen LogP contribution in [-0.2, 0) is 21.2 Å². The van der Waals surface area contributed by atoms with E-state index < -0.39 is 10.0 Å². The van der Waals surface area contributed by atoms with Gasteiger partial charge in [0.15, 0.2) is 0 Å². The fraction of sp³-hybridized carbons (Fsp3) is 0.667. The first-order valence-corrected chi connectivity index (χ1v) is 12.2. The van der Waals surface area contributed by atoms with Gasteiger partial charge in [-0.1, -0.05) is 29.8 Å². The van der Waals surface area contributed by atoms with E-state index in [9.17, 15) is 13.2 Å². The second kappa shape index (κ2) is 9.37. The van der Waals surface area contributed by atoms with Crippen molar-refractivity contribution in [3.8, 4) is 0 Å². The maximum Gasteiger partial charge on any atom is 0.236 e. The molecule has 1 aromatic carbocycles. The van der Waals surface area contributed by atoms with Crippen molar-refractivity contribution in [1.29, 1.82) is 0 Å². The number of rotatable bonds is 6. The maximum atomic E-state index is 12.6. The Labute approximate surface area is 169 Å². The topological polar surface area (TPSA) is 60.9 Å². The van der Waals surface area contributed by atoms with Gasteiger partial charge in [0.2, 0.25) is 15.9 Å². The van der Waals surface area contributed by atoms with Gasteiger partial charge in [-0.05, 0) is 57.2 Å². The molecule has 0 bridgehead atoms. The fourth-order valence-electron chi connectivity index (χ4n) is 4.12. The molecule has 0 radical (unpaired) electrons. The Morgan fingerprint density at radius 1 is 1.00 bits per heavy atom. The highest BCUT2D eigenvalue weighted by atomic mass is 32.2. The van der Waals surface area contributed by atoms with Crippen LogP contribution in [0.4, 0.5) is 0 Å². The molecule has 156 valence electrons. The summed E-state index contributed by atoms with van der Waals surface area (Å²) in [6.07, 6.45) is 5.89. The van der Waals surface area contributed by atoms with Crippen LogP contribution in [0, 0.1) is 12.8 Å². The van der Waals surface area contributed by atoms with Crippen LogP contribution in [-0.4, -0.2) is 80.5 Å². The third-order valence-corrected chi connectivity index (χ3v) is 7.39. The lowest BCUT2D eigenvalue weighted by molar-refractivity contribution is -0.134. The van der Waals surface area contributed by atoms with Gasteiger partial charge >= 0.3 is 0 Å². The first-order valence-electron chi connectivity index (χ1n) is 10.3. The molecule has 2 aliphatic rings. The molecule has 2 fully saturated rings. The van der Waals surface area contributed by atoms with Crippen LogP contribution in [0.5, 0.6) is 0 Å². The van der Waals surface area contributed by atoms with Crippen molar-refractivity contribution in [2.45, 2.75) is 32.6 Å². The molecule has 0 aliphatic carbocycles. The molecule has 0 saturated carbocycles. The van der Waals surface area contributed by atoms with Gasteiger partial charge in [-0.15, -0.1) is 0 Å². The molecule has 7 heteroatoms. The highest BCUT2D eigenvalue weighted by Crippen LogP contribution is 2.22. The van der Waals surface area contributed by atoms with Gasteiger partial charge < -0.3 is 4.90 Å². The number of nitrogens with zero attached hydrogens (tertiary/aromatic N) is 3. The summed E-state index contributed by atoms with van der Waals surface area (Å²) in [5.41, 5.74) is 2.72. The van der Waals surface area contributed by atoms with Crippen LogP contribution in [0.1, 0.15) is 30.4 Å².